The summed E-state index contributed by atoms with van der Waals surface area (Å²) in [5.41, 5.74) is 4.62. The van der Waals surface area contributed by atoms with Gasteiger partial charge in [0.05, 0.1) is 10.6 Å². The number of nitrogens with zero attached hydrogens (tertiary/aromatic N) is 1. The van der Waals surface area contributed by atoms with Crippen molar-refractivity contribution in [2.75, 3.05) is 5.32 Å². The van der Waals surface area contributed by atoms with Crippen LogP contribution in [-0.4, -0.2) is 21.1 Å². The third-order valence-electron chi connectivity index (χ3n) is 4.80. The lowest BCUT2D eigenvalue weighted by atomic mass is 10.1. The van der Waals surface area contributed by atoms with E-state index in [9.17, 15) is 9.59 Å². The van der Waals surface area contributed by atoms with E-state index in [4.69, 9.17) is 0 Å². The van der Waals surface area contributed by atoms with Gasteiger partial charge in [0.15, 0.2) is 5.16 Å². The first-order valence-corrected chi connectivity index (χ1v) is 11.3. The van der Waals surface area contributed by atoms with Crippen LogP contribution in [-0.2, 0) is 4.79 Å². The van der Waals surface area contributed by atoms with Crippen molar-refractivity contribution in [2.45, 2.75) is 31.2 Å². The van der Waals surface area contributed by atoms with Gasteiger partial charge in [0.2, 0.25) is 5.91 Å². The Kier molecular flexibility index (Phi) is 5.74. The summed E-state index contributed by atoms with van der Waals surface area (Å²) in [4.78, 5) is 33.5. The zero-order chi connectivity index (χ0) is 21.3. The Balaban J connectivity index is 1.55. The first-order valence-electron chi connectivity index (χ1n) is 9.54. The van der Waals surface area contributed by atoms with E-state index in [1.807, 2.05) is 67.8 Å². The van der Waals surface area contributed by atoms with Gasteiger partial charge >= 0.3 is 0 Å². The number of H-pyrrole nitrogens is 1. The molecule has 1 unspecified atom stereocenters. The molecule has 1 amide bonds. The Morgan fingerprint density at radius 2 is 1.93 bits per heavy atom. The number of carbonyl (C=O) groups excluding carboxylic acids is 1. The summed E-state index contributed by atoms with van der Waals surface area (Å²) in [7, 11) is 0. The van der Waals surface area contributed by atoms with Gasteiger partial charge in [0.1, 0.15) is 4.83 Å². The van der Waals surface area contributed by atoms with E-state index >= 15 is 0 Å². The first kappa shape index (κ1) is 20.4. The number of fused-ring (bicyclic) bond motifs is 1. The molecule has 30 heavy (non-hydrogen) atoms. The molecule has 152 valence electrons. The molecule has 0 radical (unpaired) electrons. The topological polar surface area (TPSA) is 74.8 Å². The predicted octanol–water partition coefficient (Wildman–Crippen LogP) is 5.39. The van der Waals surface area contributed by atoms with Gasteiger partial charge in [-0.15, -0.1) is 11.3 Å². The molecule has 0 saturated carbocycles. The number of aromatic nitrogens is 2. The number of benzene rings is 2. The van der Waals surface area contributed by atoms with Gasteiger partial charge in [0, 0.05) is 16.6 Å². The minimum atomic E-state index is -0.417. The van der Waals surface area contributed by atoms with Crippen molar-refractivity contribution in [2.24, 2.45) is 0 Å². The summed E-state index contributed by atoms with van der Waals surface area (Å²) < 4.78 is 0. The number of hydrogen-bond acceptors (Lipinski definition) is 5. The number of rotatable bonds is 5. The number of thiophene rings is 1. The molecule has 0 aliphatic carbocycles. The maximum absolute atomic E-state index is 12.8. The van der Waals surface area contributed by atoms with Crippen LogP contribution in [0.2, 0.25) is 0 Å². The number of amides is 1. The van der Waals surface area contributed by atoms with Crippen LogP contribution >= 0.6 is 23.1 Å². The zero-order valence-electron chi connectivity index (χ0n) is 16.9. The first-order chi connectivity index (χ1) is 14.4. The molecule has 4 rings (SSSR count). The van der Waals surface area contributed by atoms with E-state index in [0.29, 0.717) is 15.4 Å². The van der Waals surface area contributed by atoms with Crippen molar-refractivity contribution in [3.8, 4) is 11.1 Å². The second kappa shape index (κ2) is 8.45. The van der Waals surface area contributed by atoms with Crippen molar-refractivity contribution in [1.82, 2.24) is 9.97 Å². The number of nitrogens with one attached hydrogen (secondary N) is 2. The molecule has 2 aromatic carbocycles. The highest BCUT2D eigenvalue weighted by atomic mass is 32.2. The summed E-state index contributed by atoms with van der Waals surface area (Å²) in [5, 5.41) is 5.52. The molecule has 0 aliphatic rings. The Hall–Kier alpha value is -2.90. The van der Waals surface area contributed by atoms with Gasteiger partial charge in [0.25, 0.3) is 5.56 Å². The molecule has 0 aliphatic heterocycles. The number of thioether (sulfide) groups is 1. The standard InChI is InChI=1S/C23H21N3O2S2/c1-13-9-10-18(14(2)11-13)24-20(27)15(3)30-23-25-21(28)19-17(12-29-22(19)26-23)16-7-5-4-6-8-16/h4-12,15H,1-3H3,(H,24,27)(H,25,26,28). The third kappa shape index (κ3) is 4.17. The van der Waals surface area contributed by atoms with Crippen LogP contribution in [0, 0.1) is 13.8 Å². The highest BCUT2D eigenvalue weighted by Crippen LogP contribution is 2.32. The molecule has 0 bridgehead atoms. The molecule has 2 heterocycles. The SMILES string of the molecule is Cc1ccc(NC(=O)C(C)Sc2nc3scc(-c4ccccc4)c3c(=O)[nH]2)c(C)c1. The van der Waals surface area contributed by atoms with Crippen LogP contribution in [0.15, 0.2) is 63.9 Å². The Labute approximate surface area is 182 Å². The van der Waals surface area contributed by atoms with Crippen LogP contribution < -0.4 is 10.9 Å². The molecule has 4 aromatic rings. The number of carbonyl (C=O) groups is 1. The molecule has 0 spiro atoms. The third-order valence-corrected chi connectivity index (χ3v) is 6.66. The summed E-state index contributed by atoms with van der Waals surface area (Å²) in [5.74, 6) is -0.133. The fourth-order valence-electron chi connectivity index (χ4n) is 3.22. The van der Waals surface area contributed by atoms with Gasteiger partial charge in [-0.1, -0.05) is 59.8 Å². The number of anilines is 1. The van der Waals surface area contributed by atoms with E-state index in [2.05, 4.69) is 15.3 Å². The Morgan fingerprint density at radius 3 is 2.67 bits per heavy atom. The monoisotopic (exact) mass is 435 g/mol. The van der Waals surface area contributed by atoms with E-state index in [1.54, 1.807) is 6.92 Å². The minimum Gasteiger partial charge on any atom is -0.325 e. The Bertz CT molecular complexity index is 1280. The Morgan fingerprint density at radius 1 is 1.17 bits per heavy atom. The molecule has 7 heteroatoms. The van der Waals surface area contributed by atoms with Crippen molar-refractivity contribution >= 4 is 44.9 Å². The lowest BCUT2D eigenvalue weighted by Gasteiger charge is -2.13. The van der Waals surface area contributed by atoms with Crippen LogP contribution in [0.5, 0.6) is 0 Å². The van der Waals surface area contributed by atoms with Crippen LogP contribution in [0.25, 0.3) is 21.3 Å². The molecule has 2 N–H and O–H groups in total. The fourth-order valence-corrected chi connectivity index (χ4v) is 5.03. The second-order valence-electron chi connectivity index (χ2n) is 7.13. The van der Waals surface area contributed by atoms with Gasteiger partial charge in [-0.05, 0) is 38.0 Å². The number of aromatic amines is 1. The largest absolute Gasteiger partial charge is 0.325 e. The summed E-state index contributed by atoms with van der Waals surface area (Å²) in [6.45, 7) is 5.79. The van der Waals surface area contributed by atoms with Crippen LogP contribution in [0.4, 0.5) is 5.69 Å². The average molecular weight is 436 g/mol. The number of hydrogen-bond donors (Lipinski definition) is 2. The smallest absolute Gasteiger partial charge is 0.260 e. The van der Waals surface area contributed by atoms with E-state index in [-0.39, 0.29) is 11.5 Å². The molecule has 0 fully saturated rings. The lowest BCUT2D eigenvalue weighted by Crippen LogP contribution is -2.23. The lowest BCUT2D eigenvalue weighted by molar-refractivity contribution is -0.115. The van der Waals surface area contributed by atoms with Gasteiger partial charge in [-0.3, -0.25) is 9.59 Å². The maximum atomic E-state index is 12.8. The molecule has 1 atom stereocenters. The number of aryl methyl sites for hydroxylation is 2. The van der Waals surface area contributed by atoms with Crippen molar-refractivity contribution < 1.29 is 4.79 Å². The quantitative estimate of drug-likeness (QED) is 0.326. The highest BCUT2D eigenvalue weighted by Gasteiger charge is 2.19. The zero-order valence-corrected chi connectivity index (χ0v) is 18.5. The van der Waals surface area contributed by atoms with Crippen LogP contribution in [0.1, 0.15) is 18.1 Å². The maximum Gasteiger partial charge on any atom is 0.260 e. The van der Waals surface area contributed by atoms with Gasteiger partial charge in [-0.2, -0.15) is 0 Å². The molecule has 0 saturated heterocycles. The second-order valence-corrected chi connectivity index (χ2v) is 9.32. The molecular weight excluding hydrogens is 414 g/mol. The average Bonchev–Trinajstić information content (AvgIpc) is 3.15. The summed E-state index contributed by atoms with van der Waals surface area (Å²) in [6, 6.07) is 15.7. The van der Waals surface area contributed by atoms with E-state index < -0.39 is 5.25 Å². The van der Waals surface area contributed by atoms with Gasteiger partial charge in [-0.25, -0.2) is 4.98 Å². The minimum absolute atomic E-state index is 0.133. The molecule has 2 aromatic heterocycles. The van der Waals surface area contributed by atoms with E-state index in [1.165, 1.54) is 23.1 Å². The summed E-state index contributed by atoms with van der Waals surface area (Å²) in [6.07, 6.45) is 0. The summed E-state index contributed by atoms with van der Waals surface area (Å²) >= 11 is 2.68. The molecule has 5 nitrogen and oxygen atoms in total. The van der Waals surface area contributed by atoms with Crippen molar-refractivity contribution in [3.05, 3.63) is 75.4 Å². The van der Waals surface area contributed by atoms with Crippen molar-refractivity contribution in [1.29, 1.82) is 0 Å². The van der Waals surface area contributed by atoms with E-state index in [0.717, 1.165) is 27.9 Å². The van der Waals surface area contributed by atoms with Crippen LogP contribution in [0.3, 0.4) is 0 Å². The fraction of sp³-hybridized carbons (Fsp3) is 0.174. The highest BCUT2D eigenvalue weighted by molar-refractivity contribution is 8.00. The molecular formula is C23H21N3O2S2. The predicted molar refractivity (Wildman–Crippen MR) is 126 cm³/mol. The van der Waals surface area contributed by atoms with Crippen molar-refractivity contribution in [3.63, 3.8) is 0 Å². The normalized spacial score (nSPS) is 12.1. The van der Waals surface area contributed by atoms with Gasteiger partial charge < -0.3 is 10.3 Å².